The average molecular weight is 263 g/mol. The van der Waals surface area contributed by atoms with E-state index in [-0.39, 0.29) is 17.0 Å². The predicted octanol–water partition coefficient (Wildman–Crippen LogP) is 2.40. The second kappa shape index (κ2) is 6.43. The standard InChI is InChI=1S/C14H21N3O2/c1-14(2,10-17(3)4)9-15-13(18)11-7-5-6-8-12(11)16-19/h5-8H,9-10H2,1-4H3,(H,15,18). The Morgan fingerprint density at radius 2 is 1.95 bits per heavy atom. The molecule has 0 spiro atoms. The summed E-state index contributed by atoms with van der Waals surface area (Å²) in [5.41, 5.74) is 0.450. The van der Waals surface area contributed by atoms with Crippen molar-refractivity contribution in [3.05, 3.63) is 34.7 Å². The molecule has 1 aromatic rings. The number of nitrogens with zero attached hydrogens (tertiary/aromatic N) is 2. The molecule has 19 heavy (non-hydrogen) atoms. The van der Waals surface area contributed by atoms with Crippen LogP contribution in [0.25, 0.3) is 0 Å². The van der Waals surface area contributed by atoms with E-state index < -0.39 is 0 Å². The van der Waals surface area contributed by atoms with Crippen molar-refractivity contribution in [2.45, 2.75) is 13.8 Å². The second-order valence-electron chi connectivity index (χ2n) is 5.69. The number of amides is 1. The van der Waals surface area contributed by atoms with Gasteiger partial charge in [-0.05, 0) is 36.8 Å². The van der Waals surface area contributed by atoms with E-state index in [4.69, 9.17) is 0 Å². The Morgan fingerprint density at radius 1 is 1.32 bits per heavy atom. The summed E-state index contributed by atoms with van der Waals surface area (Å²) < 4.78 is 0. The number of rotatable bonds is 6. The summed E-state index contributed by atoms with van der Waals surface area (Å²) in [7, 11) is 3.99. The van der Waals surface area contributed by atoms with Crippen LogP contribution in [0.2, 0.25) is 0 Å². The van der Waals surface area contributed by atoms with Gasteiger partial charge in [0, 0.05) is 13.1 Å². The average Bonchev–Trinajstić information content (AvgIpc) is 2.34. The fraction of sp³-hybridized carbons (Fsp3) is 0.500. The molecular formula is C14H21N3O2. The van der Waals surface area contributed by atoms with E-state index in [0.717, 1.165) is 6.54 Å². The Morgan fingerprint density at radius 3 is 2.53 bits per heavy atom. The summed E-state index contributed by atoms with van der Waals surface area (Å²) in [5.74, 6) is -0.262. The van der Waals surface area contributed by atoms with Gasteiger partial charge >= 0.3 is 0 Å². The zero-order chi connectivity index (χ0) is 14.5. The Balaban J connectivity index is 2.68. The summed E-state index contributed by atoms with van der Waals surface area (Å²) in [6.07, 6.45) is 0. The number of nitroso groups, excluding NO2 is 1. The molecule has 104 valence electrons. The fourth-order valence-electron chi connectivity index (χ4n) is 2.07. The molecule has 1 amide bonds. The first kappa shape index (κ1) is 15.3. The first-order valence-corrected chi connectivity index (χ1v) is 6.21. The molecule has 0 bridgehead atoms. The number of hydrogen-bond donors (Lipinski definition) is 1. The van der Waals surface area contributed by atoms with Crippen molar-refractivity contribution in [3.63, 3.8) is 0 Å². The van der Waals surface area contributed by atoms with Gasteiger partial charge in [-0.3, -0.25) is 4.79 Å². The third-order valence-corrected chi connectivity index (χ3v) is 2.72. The van der Waals surface area contributed by atoms with Crippen LogP contribution in [0.15, 0.2) is 29.4 Å². The molecular weight excluding hydrogens is 242 g/mol. The molecule has 0 radical (unpaired) electrons. The van der Waals surface area contributed by atoms with Gasteiger partial charge in [0.25, 0.3) is 5.91 Å². The Hall–Kier alpha value is -1.75. The molecule has 1 rings (SSSR count). The highest BCUT2D eigenvalue weighted by Gasteiger charge is 2.21. The predicted molar refractivity (Wildman–Crippen MR) is 76.6 cm³/mol. The van der Waals surface area contributed by atoms with Crippen molar-refractivity contribution < 1.29 is 4.79 Å². The summed E-state index contributed by atoms with van der Waals surface area (Å²) >= 11 is 0. The molecule has 0 saturated heterocycles. The van der Waals surface area contributed by atoms with Crippen molar-refractivity contribution in [1.29, 1.82) is 0 Å². The molecule has 0 saturated carbocycles. The minimum absolute atomic E-state index is 0.0390. The van der Waals surface area contributed by atoms with E-state index in [2.05, 4.69) is 29.2 Å². The molecule has 0 aliphatic carbocycles. The second-order valence-corrected chi connectivity index (χ2v) is 5.69. The highest BCUT2D eigenvalue weighted by atomic mass is 16.3. The van der Waals surface area contributed by atoms with Crippen molar-refractivity contribution in [1.82, 2.24) is 10.2 Å². The first-order chi connectivity index (χ1) is 8.85. The van der Waals surface area contributed by atoms with Crippen molar-refractivity contribution >= 4 is 11.6 Å². The Bertz CT molecular complexity index is 456. The van der Waals surface area contributed by atoms with Crippen LogP contribution in [0, 0.1) is 10.3 Å². The van der Waals surface area contributed by atoms with Gasteiger partial charge in [-0.2, -0.15) is 0 Å². The largest absolute Gasteiger partial charge is 0.351 e. The summed E-state index contributed by atoms with van der Waals surface area (Å²) in [4.78, 5) is 24.8. The van der Waals surface area contributed by atoms with Crippen LogP contribution < -0.4 is 5.32 Å². The van der Waals surface area contributed by atoms with Gasteiger partial charge in [0.1, 0.15) is 5.69 Å². The summed E-state index contributed by atoms with van der Waals surface area (Å²) in [5, 5.41) is 5.72. The lowest BCUT2D eigenvalue weighted by Crippen LogP contribution is -2.40. The number of benzene rings is 1. The van der Waals surface area contributed by atoms with E-state index >= 15 is 0 Å². The van der Waals surface area contributed by atoms with Gasteiger partial charge in [-0.15, -0.1) is 4.91 Å². The van der Waals surface area contributed by atoms with Crippen molar-refractivity contribution in [3.8, 4) is 0 Å². The van der Waals surface area contributed by atoms with Gasteiger partial charge < -0.3 is 10.2 Å². The number of carbonyl (C=O) groups excluding carboxylic acids is 1. The molecule has 5 nitrogen and oxygen atoms in total. The van der Waals surface area contributed by atoms with Crippen LogP contribution in [0.5, 0.6) is 0 Å². The molecule has 0 unspecified atom stereocenters. The van der Waals surface area contributed by atoms with Crippen molar-refractivity contribution in [2.24, 2.45) is 10.6 Å². The highest BCUT2D eigenvalue weighted by molar-refractivity contribution is 5.98. The van der Waals surface area contributed by atoms with Crippen LogP contribution in [-0.2, 0) is 0 Å². The van der Waals surface area contributed by atoms with E-state index in [9.17, 15) is 9.70 Å². The smallest absolute Gasteiger partial charge is 0.253 e. The van der Waals surface area contributed by atoms with Crippen LogP contribution in [-0.4, -0.2) is 38.0 Å². The van der Waals surface area contributed by atoms with E-state index in [1.54, 1.807) is 18.2 Å². The quantitative estimate of drug-likeness (QED) is 0.802. The van der Waals surface area contributed by atoms with Crippen LogP contribution in [0.4, 0.5) is 5.69 Å². The molecule has 0 heterocycles. The summed E-state index contributed by atoms with van der Waals surface area (Å²) in [6.45, 7) is 5.56. The molecule has 0 atom stereocenters. The molecule has 0 aliphatic rings. The zero-order valence-electron chi connectivity index (χ0n) is 11.9. The lowest BCUT2D eigenvalue weighted by Gasteiger charge is -2.28. The lowest BCUT2D eigenvalue weighted by molar-refractivity contribution is 0.0930. The number of nitrogens with one attached hydrogen (secondary N) is 1. The summed E-state index contributed by atoms with van der Waals surface area (Å²) in [6, 6.07) is 6.54. The molecule has 5 heteroatoms. The number of hydrogen-bond acceptors (Lipinski definition) is 4. The van der Waals surface area contributed by atoms with E-state index in [0.29, 0.717) is 12.1 Å². The van der Waals surface area contributed by atoms with Gasteiger partial charge in [0.15, 0.2) is 0 Å². The Labute approximate surface area is 114 Å². The Kier molecular flexibility index (Phi) is 5.18. The van der Waals surface area contributed by atoms with Crippen LogP contribution >= 0.6 is 0 Å². The van der Waals surface area contributed by atoms with Crippen LogP contribution in [0.1, 0.15) is 24.2 Å². The maximum Gasteiger partial charge on any atom is 0.253 e. The maximum absolute atomic E-state index is 12.0. The van der Waals surface area contributed by atoms with Gasteiger partial charge in [-0.1, -0.05) is 26.0 Å². The van der Waals surface area contributed by atoms with Gasteiger partial charge in [0.05, 0.1) is 5.56 Å². The maximum atomic E-state index is 12.0. The normalized spacial score (nSPS) is 11.4. The molecule has 0 aromatic heterocycles. The first-order valence-electron chi connectivity index (χ1n) is 6.21. The molecule has 0 aliphatic heterocycles. The highest BCUT2D eigenvalue weighted by Crippen LogP contribution is 2.19. The van der Waals surface area contributed by atoms with Gasteiger partial charge in [0.2, 0.25) is 0 Å². The fourth-order valence-corrected chi connectivity index (χ4v) is 2.07. The third-order valence-electron chi connectivity index (χ3n) is 2.72. The monoisotopic (exact) mass is 263 g/mol. The van der Waals surface area contributed by atoms with E-state index in [1.807, 2.05) is 14.1 Å². The topological polar surface area (TPSA) is 61.8 Å². The number of carbonyl (C=O) groups is 1. The SMILES string of the molecule is CN(C)CC(C)(C)CNC(=O)c1ccccc1N=O. The molecule has 0 fully saturated rings. The minimum atomic E-state index is -0.262. The van der Waals surface area contributed by atoms with Gasteiger partial charge in [-0.25, -0.2) is 0 Å². The molecule has 1 N–H and O–H groups in total. The van der Waals surface area contributed by atoms with Crippen LogP contribution in [0.3, 0.4) is 0 Å². The van der Waals surface area contributed by atoms with E-state index in [1.165, 1.54) is 6.07 Å². The van der Waals surface area contributed by atoms with Crippen molar-refractivity contribution in [2.75, 3.05) is 27.2 Å². The third kappa shape index (κ3) is 4.79. The minimum Gasteiger partial charge on any atom is -0.351 e. The molecule has 1 aromatic carbocycles. The zero-order valence-corrected chi connectivity index (χ0v) is 11.9. The lowest BCUT2D eigenvalue weighted by atomic mass is 9.93.